The number of nitrogens with one attached hydrogen (secondary N) is 3. The number of amides is 1. The first-order valence-corrected chi connectivity index (χ1v) is 20.5. The van der Waals surface area contributed by atoms with Crippen LogP contribution in [0.4, 0.5) is 4.79 Å². The maximum Gasteiger partial charge on any atom is 0.494 e. The number of benzene rings is 2. The molecule has 15 heteroatoms. The summed E-state index contributed by atoms with van der Waals surface area (Å²) in [6, 6.07) is 16.7. The quantitative estimate of drug-likeness (QED) is 0.168. The van der Waals surface area contributed by atoms with Crippen LogP contribution in [0.3, 0.4) is 0 Å². The van der Waals surface area contributed by atoms with E-state index in [2.05, 4.69) is 105 Å². The number of halogens is 1. The molecule has 2 aromatic carbocycles. The van der Waals surface area contributed by atoms with Gasteiger partial charge in [0.05, 0.1) is 58.3 Å². The molecule has 1 amide bonds. The zero-order chi connectivity index (χ0) is 41.0. The molecule has 4 aliphatic rings. The Labute approximate surface area is 351 Å². The predicted octanol–water partition coefficient (Wildman–Crippen LogP) is 7.67. The SMILES string of the molecule is CC(C)(C)OC(=O)N1CCC[C@H]1c1ncc(-c2ccc(B3OC(C)(C)C(C)(C)O3)cc2)[nH]1.CC1(C)OB(c2ccc(-c3cnc([C@@H]4CCCN4)[nH]3)cc2)OC1(C)C.Cl. The van der Waals surface area contributed by atoms with Gasteiger partial charge in [0.15, 0.2) is 0 Å². The Morgan fingerprint density at radius 1 is 0.707 bits per heavy atom. The number of ether oxygens (including phenoxy) is 1. The lowest BCUT2D eigenvalue weighted by Gasteiger charge is -2.32. The Morgan fingerprint density at radius 2 is 1.16 bits per heavy atom. The van der Waals surface area contributed by atoms with E-state index >= 15 is 0 Å². The van der Waals surface area contributed by atoms with Crippen LogP contribution in [0, 0.1) is 0 Å². The first-order chi connectivity index (χ1) is 26.7. The Bertz CT molecular complexity index is 1990. The van der Waals surface area contributed by atoms with Gasteiger partial charge >= 0.3 is 20.3 Å². The summed E-state index contributed by atoms with van der Waals surface area (Å²) in [6.45, 7) is 23.9. The molecule has 6 heterocycles. The second-order valence-corrected chi connectivity index (χ2v) is 18.8. The van der Waals surface area contributed by atoms with Crippen molar-refractivity contribution in [2.75, 3.05) is 13.1 Å². The van der Waals surface area contributed by atoms with Crippen LogP contribution in [-0.4, -0.2) is 86.3 Å². The van der Waals surface area contributed by atoms with Crippen molar-refractivity contribution in [3.05, 3.63) is 72.6 Å². The van der Waals surface area contributed by atoms with Crippen LogP contribution >= 0.6 is 12.4 Å². The van der Waals surface area contributed by atoms with E-state index in [9.17, 15) is 4.79 Å². The zero-order valence-corrected chi connectivity index (χ0v) is 36.8. The highest BCUT2D eigenvalue weighted by Gasteiger charge is 2.52. The third-order valence-corrected chi connectivity index (χ3v) is 12.3. The van der Waals surface area contributed by atoms with Gasteiger partial charge in [0, 0.05) is 6.54 Å². The number of aromatic amines is 2. The van der Waals surface area contributed by atoms with Crippen LogP contribution in [0.15, 0.2) is 60.9 Å². The molecular weight excluding hydrogens is 754 g/mol. The van der Waals surface area contributed by atoms with Crippen molar-refractivity contribution >= 4 is 43.7 Å². The van der Waals surface area contributed by atoms with E-state index in [0.29, 0.717) is 12.6 Å². The number of hydrogen-bond acceptors (Lipinski definition) is 9. The highest BCUT2D eigenvalue weighted by atomic mass is 35.5. The number of likely N-dealkylation sites (tertiary alicyclic amines) is 1. The molecule has 2 atom stereocenters. The second-order valence-electron chi connectivity index (χ2n) is 18.8. The molecule has 4 saturated heterocycles. The first kappa shape index (κ1) is 43.9. The van der Waals surface area contributed by atoms with Crippen molar-refractivity contribution in [2.24, 2.45) is 0 Å². The molecule has 0 saturated carbocycles. The Hall–Kier alpha value is -3.65. The second kappa shape index (κ2) is 16.4. The minimum absolute atomic E-state index is 0. The van der Waals surface area contributed by atoms with Crippen LogP contribution in [0.1, 0.15) is 126 Å². The number of aromatic nitrogens is 4. The van der Waals surface area contributed by atoms with E-state index in [1.807, 2.05) is 57.4 Å². The lowest BCUT2D eigenvalue weighted by atomic mass is 9.79. The maximum atomic E-state index is 12.6. The average Bonchev–Trinajstić information content (AvgIpc) is 3.99. The highest BCUT2D eigenvalue weighted by Crippen LogP contribution is 2.38. The maximum absolute atomic E-state index is 12.6. The molecular formula is C43H61B2ClN6O6. The van der Waals surface area contributed by atoms with Crippen molar-refractivity contribution in [2.45, 2.75) is 142 Å². The summed E-state index contributed by atoms with van der Waals surface area (Å²) < 4.78 is 30.1. The number of imidazole rings is 2. The van der Waals surface area contributed by atoms with E-state index in [1.54, 1.807) is 4.90 Å². The van der Waals surface area contributed by atoms with Gasteiger partial charge in [0.25, 0.3) is 0 Å². The van der Waals surface area contributed by atoms with E-state index in [1.165, 1.54) is 6.42 Å². The smallest absolute Gasteiger partial charge is 0.444 e. The number of nitrogens with zero attached hydrogens (tertiary/aromatic N) is 3. The summed E-state index contributed by atoms with van der Waals surface area (Å²) in [6.07, 6.45) is 7.61. The summed E-state index contributed by atoms with van der Waals surface area (Å²) in [5, 5.41) is 3.47. The van der Waals surface area contributed by atoms with Gasteiger partial charge < -0.3 is 38.6 Å². The normalized spacial score (nSPS) is 23.1. The molecule has 4 aliphatic heterocycles. The highest BCUT2D eigenvalue weighted by molar-refractivity contribution is 6.62. The molecule has 4 aromatic rings. The fraction of sp³-hybridized carbons (Fsp3) is 0.558. The molecule has 12 nitrogen and oxygen atoms in total. The minimum Gasteiger partial charge on any atom is -0.444 e. The van der Waals surface area contributed by atoms with Crippen LogP contribution in [0.5, 0.6) is 0 Å². The number of hydrogen-bond donors (Lipinski definition) is 3. The van der Waals surface area contributed by atoms with Gasteiger partial charge in [-0.1, -0.05) is 48.5 Å². The molecule has 0 radical (unpaired) electrons. The van der Waals surface area contributed by atoms with E-state index in [-0.39, 0.29) is 61.2 Å². The van der Waals surface area contributed by atoms with Gasteiger partial charge in [-0.15, -0.1) is 12.4 Å². The van der Waals surface area contributed by atoms with Crippen LogP contribution < -0.4 is 16.2 Å². The molecule has 0 unspecified atom stereocenters. The van der Waals surface area contributed by atoms with E-state index in [4.69, 9.17) is 23.4 Å². The zero-order valence-electron chi connectivity index (χ0n) is 36.0. The van der Waals surface area contributed by atoms with Crippen molar-refractivity contribution in [3.63, 3.8) is 0 Å². The van der Waals surface area contributed by atoms with Gasteiger partial charge in [-0.3, -0.25) is 4.90 Å². The van der Waals surface area contributed by atoms with Crippen LogP contribution in [-0.2, 0) is 23.4 Å². The van der Waals surface area contributed by atoms with Gasteiger partial charge in [-0.25, -0.2) is 14.8 Å². The monoisotopic (exact) mass is 814 g/mol. The van der Waals surface area contributed by atoms with Gasteiger partial charge in [0.1, 0.15) is 17.2 Å². The minimum atomic E-state index is -0.516. The third kappa shape index (κ3) is 9.22. The van der Waals surface area contributed by atoms with Crippen molar-refractivity contribution in [3.8, 4) is 22.5 Å². The average molecular weight is 815 g/mol. The largest absolute Gasteiger partial charge is 0.494 e. The topological polar surface area (TPSA) is 136 Å². The van der Waals surface area contributed by atoms with Crippen molar-refractivity contribution < 1.29 is 28.1 Å². The molecule has 312 valence electrons. The fourth-order valence-corrected chi connectivity index (χ4v) is 7.42. The Morgan fingerprint density at radius 3 is 1.59 bits per heavy atom. The van der Waals surface area contributed by atoms with E-state index < -0.39 is 5.60 Å². The molecule has 58 heavy (non-hydrogen) atoms. The molecule has 3 N–H and O–H groups in total. The molecule has 0 aliphatic carbocycles. The van der Waals surface area contributed by atoms with Gasteiger partial charge in [-0.05, 0) is 130 Å². The lowest BCUT2D eigenvalue weighted by molar-refractivity contribution is 0.00578. The third-order valence-electron chi connectivity index (χ3n) is 12.3. The first-order valence-electron chi connectivity index (χ1n) is 20.5. The molecule has 4 fully saturated rings. The molecule has 2 aromatic heterocycles. The van der Waals surface area contributed by atoms with Crippen LogP contribution in [0.2, 0.25) is 0 Å². The molecule has 0 bridgehead atoms. The number of H-pyrrole nitrogens is 2. The number of carbonyl (C=O) groups excluding carboxylic acids is 1. The standard InChI is InChI=1S/C24H34BN3O4.C19H26BN3O2.ClH/c1-22(2,3)30-21(29)28-14-8-9-19(28)20-26-15-18(27-20)16-10-12-17(13-11-16)25-31-23(4,5)24(6,7)32-25;1-18(2)19(3,4)25-20(24-18)14-9-7-13(8-10-14)16-12-22-17(23-16)15-6-5-11-21-15;/h10-13,15,19H,8-9,14H2,1-7H3,(H,26,27);7-10,12,15,21H,5-6,11H2,1-4H3,(H,22,23);1H/t19-;15-;/m00./s1. The van der Waals surface area contributed by atoms with E-state index in [0.717, 1.165) is 70.9 Å². The summed E-state index contributed by atoms with van der Waals surface area (Å²) in [7, 11) is -0.702. The van der Waals surface area contributed by atoms with Crippen molar-refractivity contribution in [1.82, 2.24) is 30.2 Å². The molecule has 0 spiro atoms. The predicted molar refractivity (Wildman–Crippen MR) is 232 cm³/mol. The summed E-state index contributed by atoms with van der Waals surface area (Å²) in [5.74, 6) is 1.82. The van der Waals surface area contributed by atoms with Crippen LogP contribution in [0.25, 0.3) is 22.5 Å². The fourth-order valence-electron chi connectivity index (χ4n) is 7.42. The molecule has 8 rings (SSSR count). The lowest BCUT2D eigenvalue weighted by Crippen LogP contribution is -2.41. The van der Waals surface area contributed by atoms with Gasteiger partial charge in [0.2, 0.25) is 0 Å². The Kier molecular flexibility index (Phi) is 12.4. The number of rotatable bonds is 6. The summed E-state index contributed by atoms with van der Waals surface area (Å²) in [5.41, 5.74) is 4.25. The Balaban J connectivity index is 0.000000198. The van der Waals surface area contributed by atoms with Gasteiger partial charge in [-0.2, -0.15) is 0 Å². The summed E-state index contributed by atoms with van der Waals surface area (Å²) >= 11 is 0. The summed E-state index contributed by atoms with van der Waals surface area (Å²) in [4.78, 5) is 30.4. The number of carbonyl (C=O) groups is 1. The van der Waals surface area contributed by atoms with Crippen molar-refractivity contribution in [1.29, 1.82) is 0 Å².